The standard InChI is InChI=1S/C34H39N3O2/c1-3-4-5-6-11-18-37(23-33-35-31-14-9-10-15-32(31)36-33)34(39)27-17-16-25-20-29(19-24(2)38)30-13-8-7-12-26(30)21-28(25)22-27/h7-10,12-17,22,29H,3-6,11,18-21,23H2,1-2H3,(H,35,36)/t29-/m1/s1. The number of unbranched alkanes of at least 4 members (excludes halogenated alkanes) is 4. The van der Waals surface area contributed by atoms with Crippen LogP contribution in [-0.4, -0.2) is 33.1 Å². The van der Waals surface area contributed by atoms with Gasteiger partial charge in [0.05, 0.1) is 17.6 Å². The minimum Gasteiger partial charge on any atom is -0.340 e. The molecule has 5 nitrogen and oxygen atoms in total. The Morgan fingerprint density at radius 2 is 1.72 bits per heavy atom. The first-order valence-corrected chi connectivity index (χ1v) is 14.4. The second-order valence-electron chi connectivity index (χ2n) is 11.0. The molecule has 1 aromatic heterocycles. The summed E-state index contributed by atoms with van der Waals surface area (Å²) in [7, 11) is 0. The van der Waals surface area contributed by atoms with Crippen LogP contribution in [0.25, 0.3) is 11.0 Å². The summed E-state index contributed by atoms with van der Waals surface area (Å²) in [6, 6.07) is 22.6. The maximum atomic E-state index is 14.0. The molecular formula is C34H39N3O2. The fraction of sp³-hybridized carbons (Fsp3) is 0.382. The highest BCUT2D eigenvalue weighted by Gasteiger charge is 2.25. The summed E-state index contributed by atoms with van der Waals surface area (Å²) in [5.74, 6) is 1.25. The first kappa shape index (κ1) is 26.9. The topological polar surface area (TPSA) is 66.1 Å². The van der Waals surface area contributed by atoms with Gasteiger partial charge in [0.2, 0.25) is 0 Å². The Labute approximate surface area is 231 Å². The fourth-order valence-electron chi connectivity index (χ4n) is 5.93. The zero-order chi connectivity index (χ0) is 27.2. The number of nitrogens with one attached hydrogen (secondary N) is 1. The summed E-state index contributed by atoms with van der Waals surface area (Å²) in [5.41, 5.74) is 7.57. The Morgan fingerprint density at radius 3 is 2.54 bits per heavy atom. The van der Waals surface area contributed by atoms with Gasteiger partial charge in [-0.3, -0.25) is 4.79 Å². The Bertz CT molecular complexity index is 1420. The summed E-state index contributed by atoms with van der Waals surface area (Å²) in [5, 5.41) is 0. The second kappa shape index (κ2) is 12.4. The molecule has 1 aliphatic carbocycles. The largest absolute Gasteiger partial charge is 0.340 e. The van der Waals surface area contributed by atoms with E-state index in [0.717, 1.165) is 48.1 Å². The van der Waals surface area contributed by atoms with E-state index in [1.165, 1.54) is 41.5 Å². The highest BCUT2D eigenvalue weighted by atomic mass is 16.2. The first-order chi connectivity index (χ1) is 19.0. The quantitative estimate of drug-likeness (QED) is 0.209. The fourth-order valence-corrected chi connectivity index (χ4v) is 5.93. The lowest BCUT2D eigenvalue weighted by molar-refractivity contribution is -0.117. The van der Waals surface area contributed by atoms with Gasteiger partial charge in [-0.25, -0.2) is 4.98 Å². The molecule has 0 aliphatic heterocycles. The van der Waals surface area contributed by atoms with Gasteiger partial charge < -0.3 is 14.7 Å². The van der Waals surface area contributed by atoms with Gasteiger partial charge in [-0.1, -0.05) is 75.1 Å². The van der Waals surface area contributed by atoms with E-state index in [4.69, 9.17) is 4.98 Å². The van der Waals surface area contributed by atoms with Gasteiger partial charge in [-0.2, -0.15) is 0 Å². The van der Waals surface area contributed by atoms with Gasteiger partial charge in [0, 0.05) is 18.5 Å². The van der Waals surface area contributed by atoms with Crippen LogP contribution in [0.5, 0.6) is 0 Å². The molecule has 0 unspecified atom stereocenters. The third kappa shape index (κ3) is 6.47. The molecule has 4 aromatic rings. The summed E-state index contributed by atoms with van der Waals surface area (Å²) in [4.78, 5) is 36.1. The third-order valence-corrected chi connectivity index (χ3v) is 7.93. The van der Waals surface area contributed by atoms with Gasteiger partial charge in [-0.15, -0.1) is 0 Å². The van der Waals surface area contributed by atoms with Crippen LogP contribution >= 0.6 is 0 Å². The number of benzene rings is 3. The van der Waals surface area contributed by atoms with E-state index in [9.17, 15) is 9.59 Å². The van der Waals surface area contributed by atoms with Crippen molar-refractivity contribution in [1.29, 1.82) is 0 Å². The second-order valence-corrected chi connectivity index (χ2v) is 11.0. The molecule has 1 atom stereocenters. The van der Waals surface area contributed by atoms with Crippen molar-refractivity contribution < 1.29 is 9.59 Å². The van der Waals surface area contributed by atoms with E-state index < -0.39 is 0 Å². The summed E-state index contributed by atoms with van der Waals surface area (Å²) in [6.07, 6.45) is 7.88. The lowest BCUT2D eigenvalue weighted by atomic mass is 9.87. The van der Waals surface area contributed by atoms with E-state index in [2.05, 4.69) is 48.3 Å². The number of para-hydroxylation sites is 2. The minimum absolute atomic E-state index is 0.0477. The van der Waals surface area contributed by atoms with Gasteiger partial charge in [0.25, 0.3) is 5.91 Å². The predicted molar refractivity (Wildman–Crippen MR) is 157 cm³/mol. The zero-order valence-electron chi connectivity index (χ0n) is 23.2. The van der Waals surface area contributed by atoms with Crippen molar-refractivity contribution in [2.24, 2.45) is 0 Å². The lowest BCUT2D eigenvalue weighted by Crippen LogP contribution is -2.32. The number of hydrogen-bond donors (Lipinski definition) is 1. The number of H-pyrrole nitrogens is 1. The molecule has 0 fully saturated rings. The molecule has 1 N–H and O–H groups in total. The van der Waals surface area contributed by atoms with Gasteiger partial charge in [0.1, 0.15) is 11.6 Å². The monoisotopic (exact) mass is 521 g/mol. The summed E-state index contributed by atoms with van der Waals surface area (Å²) < 4.78 is 0. The molecule has 1 heterocycles. The number of ketones is 1. The number of imidazole rings is 1. The minimum atomic E-state index is 0.0477. The number of carbonyl (C=O) groups is 2. The van der Waals surface area contributed by atoms with Gasteiger partial charge >= 0.3 is 0 Å². The average Bonchev–Trinajstić information content (AvgIpc) is 3.28. The molecular weight excluding hydrogens is 482 g/mol. The van der Waals surface area contributed by atoms with Crippen molar-refractivity contribution in [1.82, 2.24) is 14.9 Å². The number of nitrogens with zero attached hydrogens (tertiary/aromatic N) is 2. The number of carbonyl (C=O) groups excluding carboxylic acids is 2. The van der Waals surface area contributed by atoms with Crippen molar-refractivity contribution >= 4 is 22.7 Å². The van der Waals surface area contributed by atoms with Gasteiger partial charge in [0.15, 0.2) is 0 Å². The SMILES string of the molecule is CCCCCCCN(Cc1nc2ccccc2[nH]1)C(=O)c1ccc2c(c1)Cc1ccccc1[C@H](CC(C)=O)C2. The molecule has 0 radical (unpaired) electrons. The number of aromatic amines is 1. The maximum Gasteiger partial charge on any atom is 0.254 e. The molecule has 3 aromatic carbocycles. The van der Waals surface area contributed by atoms with Crippen molar-refractivity contribution in [3.63, 3.8) is 0 Å². The molecule has 202 valence electrons. The molecule has 1 amide bonds. The van der Waals surface area contributed by atoms with Crippen LogP contribution in [0.1, 0.15) is 96.7 Å². The predicted octanol–water partition coefficient (Wildman–Crippen LogP) is 7.39. The maximum absolute atomic E-state index is 14.0. The number of hydrogen-bond acceptors (Lipinski definition) is 3. The van der Waals surface area contributed by atoms with Crippen LogP contribution in [0.2, 0.25) is 0 Å². The Hall–Kier alpha value is -3.73. The summed E-state index contributed by atoms with van der Waals surface area (Å²) >= 11 is 0. The number of rotatable bonds is 11. The molecule has 5 rings (SSSR count). The van der Waals surface area contributed by atoms with Crippen molar-refractivity contribution in [3.8, 4) is 0 Å². The summed E-state index contributed by atoms with van der Waals surface area (Å²) in [6.45, 7) is 5.06. The molecule has 0 saturated heterocycles. The Morgan fingerprint density at radius 1 is 0.923 bits per heavy atom. The van der Waals surface area contributed by atoms with E-state index >= 15 is 0 Å². The molecule has 5 heteroatoms. The van der Waals surface area contributed by atoms with E-state index in [-0.39, 0.29) is 17.6 Å². The lowest BCUT2D eigenvalue weighted by Gasteiger charge is -2.23. The van der Waals surface area contributed by atoms with Crippen molar-refractivity contribution in [2.45, 2.75) is 77.7 Å². The van der Waals surface area contributed by atoms with Crippen LogP contribution in [0.4, 0.5) is 0 Å². The smallest absolute Gasteiger partial charge is 0.254 e. The molecule has 0 saturated carbocycles. The average molecular weight is 522 g/mol. The molecule has 0 bridgehead atoms. The van der Waals surface area contributed by atoms with Crippen LogP contribution in [0.3, 0.4) is 0 Å². The number of Topliss-reactive ketones (excluding diaryl/α,β-unsaturated/α-hetero) is 1. The van der Waals surface area contributed by atoms with Crippen molar-refractivity contribution in [3.05, 3.63) is 100 Å². The van der Waals surface area contributed by atoms with Crippen LogP contribution in [-0.2, 0) is 24.2 Å². The van der Waals surface area contributed by atoms with E-state index in [1.54, 1.807) is 6.92 Å². The normalized spacial score (nSPS) is 14.5. The highest BCUT2D eigenvalue weighted by Crippen LogP contribution is 2.34. The third-order valence-electron chi connectivity index (χ3n) is 7.93. The highest BCUT2D eigenvalue weighted by molar-refractivity contribution is 5.94. The Balaban J connectivity index is 1.40. The van der Waals surface area contributed by atoms with Crippen molar-refractivity contribution in [2.75, 3.05) is 6.54 Å². The van der Waals surface area contributed by atoms with E-state index in [0.29, 0.717) is 19.5 Å². The van der Waals surface area contributed by atoms with Crippen LogP contribution < -0.4 is 0 Å². The van der Waals surface area contributed by atoms with Gasteiger partial charge in [-0.05, 0) is 78.6 Å². The number of fused-ring (bicyclic) bond motifs is 3. The van der Waals surface area contributed by atoms with E-state index in [1.807, 2.05) is 35.2 Å². The molecule has 1 aliphatic rings. The zero-order valence-corrected chi connectivity index (χ0v) is 23.2. The van der Waals surface area contributed by atoms with Crippen LogP contribution in [0.15, 0.2) is 66.7 Å². The Kier molecular flexibility index (Phi) is 8.55. The molecule has 0 spiro atoms. The number of aromatic nitrogens is 2. The van der Waals surface area contributed by atoms with Crippen LogP contribution in [0, 0.1) is 0 Å². The first-order valence-electron chi connectivity index (χ1n) is 14.4. The molecule has 39 heavy (non-hydrogen) atoms. The number of amides is 1.